The highest BCUT2D eigenvalue weighted by Crippen LogP contribution is 2.62. The van der Waals surface area contributed by atoms with E-state index in [0.717, 1.165) is 17.8 Å². The summed E-state index contributed by atoms with van der Waals surface area (Å²) in [6.07, 6.45) is 8.84. The number of hydrogen-bond acceptors (Lipinski definition) is 0. The highest BCUT2D eigenvalue weighted by atomic mass is 79.9. The average molecular weight is 344 g/mol. The Morgan fingerprint density at radius 2 is 1.57 bits per heavy atom. The average Bonchev–Trinajstić information content (AvgIpc) is 2.70. The zero-order valence-corrected chi connectivity index (χ0v) is 14.2. The quantitative estimate of drug-likeness (QED) is 0.652. The lowest BCUT2D eigenvalue weighted by Crippen LogP contribution is -2.49. The summed E-state index contributed by atoms with van der Waals surface area (Å²) in [4.78, 5) is 0. The second-order valence-corrected chi connectivity index (χ2v) is 8.73. The van der Waals surface area contributed by atoms with E-state index in [1.807, 2.05) is 0 Å². The van der Waals surface area contributed by atoms with Crippen molar-refractivity contribution in [2.24, 2.45) is 24.8 Å². The van der Waals surface area contributed by atoms with Crippen molar-refractivity contribution in [1.82, 2.24) is 4.57 Å². The Labute approximate surface area is 134 Å². The van der Waals surface area contributed by atoms with Crippen LogP contribution in [0.2, 0.25) is 0 Å². The topological polar surface area (TPSA) is 4.93 Å². The zero-order chi connectivity index (χ0) is 14.2. The van der Waals surface area contributed by atoms with Crippen LogP contribution in [-0.2, 0) is 12.5 Å². The van der Waals surface area contributed by atoms with E-state index in [1.54, 1.807) is 5.69 Å². The number of rotatable bonds is 1. The Bertz CT molecular complexity index is 652. The van der Waals surface area contributed by atoms with Crippen LogP contribution in [0.3, 0.4) is 0 Å². The third-order valence-electron chi connectivity index (χ3n) is 6.59. The molecule has 2 aromatic rings. The fraction of sp³-hybridized carbons (Fsp3) is 0.579. The van der Waals surface area contributed by atoms with E-state index >= 15 is 0 Å². The molecule has 4 saturated carbocycles. The van der Waals surface area contributed by atoms with Gasteiger partial charge in [0.1, 0.15) is 0 Å². The lowest BCUT2D eigenvalue weighted by atomic mass is 9.49. The predicted octanol–water partition coefficient (Wildman–Crippen LogP) is 5.41. The molecule has 1 aromatic carbocycles. The van der Waals surface area contributed by atoms with Gasteiger partial charge in [0.15, 0.2) is 0 Å². The Morgan fingerprint density at radius 3 is 2.14 bits per heavy atom. The number of hydrogen-bond donors (Lipinski definition) is 0. The van der Waals surface area contributed by atoms with Gasteiger partial charge in [0.2, 0.25) is 0 Å². The van der Waals surface area contributed by atoms with Crippen LogP contribution >= 0.6 is 15.9 Å². The summed E-state index contributed by atoms with van der Waals surface area (Å²) < 4.78 is 3.87. The largest absolute Gasteiger partial charge is 0.346 e. The van der Waals surface area contributed by atoms with Gasteiger partial charge in [-0.25, -0.2) is 0 Å². The van der Waals surface area contributed by atoms with Crippen molar-refractivity contribution < 1.29 is 0 Å². The molecule has 1 nitrogen and oxygen atoms in total. The van der Waals surface area contributed by atoms with Gasteiger partial charge in [0, 0.05) is 33.5 Å². The number of nitrogens with zero attached hydrogens (tertiary/aromatic N) is 1. The summed E-state index contributed by atoms with van der Waals surface area (Å²) in [7, 11) is 2.28. The summed E-state index contributed by atoms with van der Waals surface area (Å²) >= 11 is 3.97. The minimum atomic E-state index is 0.460. The smallest absolute Gasteiger partial charge is 0.0491 e. The molecule has 4 bridgehead atoms. The SMILES string of the molecule is Cn1c(C23CC4CC(CC(C4)C2)C3)c(Br)c2ccccc21. The summed E-state index contributed by atoms with van der Waals surface area (Å²) in [5.74, 6) is 3.00. The van der Waals surface area contributed by atoms with Crippen LogP contribution in [0.15, 0.2) is 28.7 Å². The predicted molar refractivity (Wildman–Crippen MR) is 90.5 cm³/mol. The minimum absolute atomic E-state index is 0.460. The molecule has 2 heteroatoms. The molecule has 110 valence electrons. The molecule has 21 heavy (non-hydrogen) atoms. The normalized spacial score (nSPS) is 37.5. The van der Waals surface area contributed by atoms with E-state index in [4.69, 9.17) is 0 Å². The second-order valence-electron chi connectivity index (χ2n) is 7.94. The van der Waals surface area contributed by atoms with Gasteiger partial charge in [-0.1, -0.05) is 18.2 Å². The maximum atomic E-state index is 3.97. The van der Waals surface area contributed by atoms with Crippen LogP contribution in [0.1, 0.15) is 44.2 Å². The minimum Gasteiger partial charge on any atom is -0.346 e. The van der Waals surface area contributed by atoms with Crippen molar-refractivity contribution >= 4 is 26.8 Å². The van der Waals surface area contributed by atoms with E-state index in [9.17, 15) is 0 Å². The monoisotopic (exact) mass is 343 g/mol. The molecule has 1 aromatic heterocycles. The summed E-state index contributed by atoms with van der Waals surface area (Å²) in [5.41, 5.74) is 3.44. The molecule has 0 spiro atoms. The van der Waals surface area contributed by atoms with Crippen molar-refractivity contribution in [3.05, 3.63) is 34.4 Å². The molecule has 4 aliphatic rings. The van der Waals surface area contributed by atoms with Gasteiger partial charge >= 0.3 is 0 Å². The maximum Gasteiger partial charge on any atom is 0.0491 e. The maximum absolute atomic E-state index is 3.97. The first-order chi connectivity index (χ1) is 10.2. The molecule has 0 N–H and O–H groups in total. The Balaban J connectivity index is 1.74. The molecular weight excluding hydrogens is 322 g/mol. The standard InChI is InChI=1S/C19H22BrN/c1-21-16-5-3-2-4-15(16)17(20)18(21)19-9-12-6-13(10-19)8-14(7-12)11-19/h2-5,12-14H,6-11H2,1H3. The van der Waals surface area contributed by atoms with Crippen LogP contribution in [0.4, 0.5) is 0 Å². The van der Waals surface area contributed by atoms with Gasteiger partial charge in [-0.15, -0.1) is 0 Å². The molecule has 4 aliphatic carbocycles. The fourth-order valence-electron chi connectivity index (χ4n) is 6.34. The first kappa shape index (κ1) is 12.8. The van der Waals surface area contributed by atoms with E-state index < -0.39 is 0 Å². The van der Waals surface area contributed by atoms with Crippen molar-refractivity contribution in [2.75, 3.05) is 0 Å². The Kier molecular flexibility index (Phi) is 2.52. The van der Waals surface area contributed by atoms with Crippen LogP contribution in [0.5, 0.6) is 0 Å². The molecular formula is C19H22BrN. The molecule has 0 unspecified atom stereocenters. The van der Waals surface area contributed by atoms with Gasteiger partial charge in [0.05, 0.1) is 0 Å². The highest BCUT2D eigenvalue weighted by molar-refractivity contribution is 9.10. The van der Waals surface area contributed by atoms with Gasteiger partial charge in [-0.05, 0) is 78.3 Å². The summed E-state index contributed by atoms with van der Waals surface area (Å²) in [6, 6.07) is 8.86. The van der Waals surface area contributed by atoms with Gasteiger partial charge < -0.3 is 4.57 Å². The van der Waals surface area contributed by atoms with Crippen molar-refractivity contribution in [1.29, 1.82) is 0 Å². The highest BCUT2D eigenvalue weighted by Gasteiger charge is 2.53. The van der Waals surface area contributed by atoms with E-state index in [-0.39, 0.29) is 0 Å². The summed E-state index contributed by atoms with van der Waals surface area (Å²) in [5, 5.41) is 1.39. The number of aromatic nitrogens is 1. The number of benzene rings is 1. The third-order valence-corrected chi connectivity index (χ3v) is 7.39. The van der Waals surface area contributed by atoms with E-state index in [2.05, 4.69) is 51.8 Å². The molecule has 0 amide bonds. The molecule has 4 fully saturated rings. The fourth-order valence-corrected chi connectivity index (χ4v) is 7.36. The Morgan fingerprint density at radius 1 is 1.00 bits per heavy atom. The van der Waals surface area contributed by atoms with Gasteiger partial charge in [0.25, 0.3) is 0 Å². The zero-order valence-electron chi connectivity index (χ0n) is 12.6. The van der Waals surface area contributed by atoms with Crippen molar-refractivity contribution in [2.45, 2.75) is 43.9 Å². The van der Waals surface area contributed by atoms with E-state index in [0.29, 0.717) is 5.41 Å². The first-order valence-electron chi connectivity index (χ1n) is 8.40. The Hall–Kier alpha value is -0.760. The number of fused-ring (bicyclic) bond motifs is 1. The van der Waals surface area contributed by atoms with Crippen molar-refractivity contribution in [3.63, 3.8) is 0 Å². The lowest BCUT2D eigenvalue weighted by molar-refractivity contribution is -0.00860. The number of aryl methyl sites for hydroxylation is 1. The molecule has 0 atom stereocenters. The number of para-hydroxylation sites is 1. The second kappa shape index (κ2) is 4.16. The van der Waals surface area contributed by atoms with Crippen LogP contribution in [-0.4, -0.2) is 4.57 Å². The third kappa shape index (κ3) is 1.63. The number of halogens is 1. The van der Waals surface area contributed by atoms with Crippen LogP contribution < -0.4 is 0 Å². The molecule has 0 aliphatic heterocycles. The van der Waals surface area contributed by atoms with Crippen LogP contribution in [0.25, 0.3) is 10.9 Å². The first-order valence-corrected chi connectivity index (χ1v) is 9.19. The summed E-state index contributed by atoms with van der Waals surface area (Å²) in [6.45, 7) is 0. The van der Waals surface area contributed by atoms with Gasteiger partial charge in [-0.2, -0.15) is 0 Å². The molecule has 1 heterocycles. The molecule has 0 saturated heterocycles. The van der Waals surface area contributed by atoms with Gasteiger partial charge in [-0.3, -0.25) is 0 Å². The molecule has 0 radical (unpaired) electrons. The van der Waals surface area contributed by atoms with E-state index in [1.165, 1.54) is 53.9 Å². The lowest BCUT2D eigenvalue weighted by Gasteiger charge is -2.57. The molecule has 6 rings (SSSR count). The van der Waals surface area contributed by atoms with Crippen LogP contribution in [0, 0.1) is 17.8 Å². The van der Waals surface area contributed by atoms with Crippen molar-refractivity contribution in [3.8, 4) is 0 Å².